The van der Waals surface area contributed by atoms with Gasteiger partial charge in [-0.1, -0.05) is 38.2 Å². The van der Waals surface area contributed by atoms with Gasteiger partial charge in [-0.05, 0) is 48.9 Å². The van der Waals surface area contributed by atoms with E-state index in [9.17, 15) is 0 Å². The molecule has 0 fully saturated rings. The number of halogens is 2. The molecule has 0 unspecified atom stereocenters. The number of nitrogens with zero attached hydrogens (tertiary/aromatic N) is 3. The number of nitrogens with one attached hydrogen (secondary N) is 1. The molecule has 0 aliphatic heterocycles. The van der Waals surface area contributed by atoms with Gasteiger partial charge in [-0.25, -0.2) is 5.48 Å². The number of rotatable bonds is 3. The van der Waals surface area contributed by atoms with E-state index in [-0.39, 0.29) is 16.6 Å². The predicted molar refractivity (Wildman–Crippen MR) is 83.2 cm³/mol. The minimum absolute atomic E-state index is 0.0169. The lowest BCUT2D eigenvalue weighted by atomic mass is 10.1. The lowest BCUT2D eigenvalue weighted by Crippen LogP contribution is -2.19. The summed E-state index contributed by atoms with van der Waals surface area (Å²) in [5.41, 5.74) is 3.98. The molecular weight excluding hydrogens is 311 g/mol. The van der Waals surface area contributed by atoms with Crippen molar-refractivity contribution in [3.05, 3.63) is 22.3 Å². The standard InChI is InChI=1S/C14H20Cl2N4O/c15-12-17-13(16)19-14(18-12)21-20-11-9-7-5-3-1-2-4-6-8-10-11/h9,20H,1-8,10H2. The Bertz CT molecular complexity index is 462. The zero-order valence-electron chi connectivity index (χ0n) is 11.9. The van der Waals surface area contributed by atoms with Gasteiger partial charge in [0.15, 0.2) is 0 Å². The van der Waals surface area contributed by atoms with Gasteiger partial charge in [0, 0.05) is 5.70 Å². The quantitative estimate of drug-likeness (QED) is 0.828. The van der Waals surface area contributed by atoms with Crippen LogP contribution in [0.5, 0.6) is 6.01 Å². The van der Waals surface area contributed by atoms with Crippen LogP contribution in [0.2, 0.25) is 10.6 Å². The molecule has 1 heterocycles. The number of hydroxylamine groups is 1. The van der Waals surface area contributed by atoms with Crippen LogP contribution in [0.3, 0.4) is 0 Å². The second kappa shape index (κ2) is 9.05. The van der Waals surface area contributed by atoms with Crippen molar-refractivity contribution in [2.24, 2.45) is 0 Å². The molecule has 7 heteroatoms. The van der Waals surface area contributed by atoms with Crippen molar-refractivity contribution in [2.45, 2.75) is 57.8 Å². The summed E-state index contributed by atoms with van der Waals surface area (Å²) in [4.78, 5) is 16.7. The fourth-order valence-corrected chi connectivity index (χ4v) is 2.63. The summed E-state index contributed by atoms with van der Waals surface area (Å²) in [6, 6.07) is 0.0789. The second-order valence-corrected chi connectivity index (χ2v) is 5.78. The van der Waals surface area contributed by atoms with Gasteiger partial charge in [-0.2, -0.15) is 15.0 Å². The normalized spacial score (nSPS) is 17.5. The molecule has 0 saturated carbocycles. The molecule has 1 aromatic rings. The van der Waals surface area contributed by atoms with Crippen LogP contribution in [0.25, 0.3) is 0 Å². The summed E-state index contributed by atoms with van der Waals surface area (Å²) < 4.78 is 0. The SMILES string of the molecule is Clc1nc(Cl)nc(ONC2=CCCCCCCCCC2)n1. The van der Waals surface area contributed by atoms with Crippen molar-refractivity contribution < 1.29 is 4.84 Å². The molecule has 1 aliphatic rings. The molecule has 0 saturated heterocycles. The molecule has 1 aromatic heterocycles. The molecule has 0 amide bonds. The van der Waals surface area contributed by atoms with Gasteiger partial charge in [0.25, 0.3) is 0 Å². The maximum Gasteiger partial charge on any atom is 0.348 e. The Balaban J connectivity index is 1.90. The Hall–Kier alpha value is -1.07. The molecular formula is C14H20Cl2N4O. The van der Waals surface area contributed by atoms with E-state index in [4.69, 9.17) is 28.0 Å². The molecule has 0 spiro atoms. The highest BCUT2D eigenvalue weighted by Crippen LogP contribution is 2.16. The summed E-state index contributed by atoms with van der Waals surface area (Å²) in [7, 11) is 0. The first kappa shape index (κ1) is 16.3. The molecule has 0 atom stereocenters. The van der Waals surface area contributed by atoms with E-state index >= 15 is 0 Å². The number of allylic oxidation sites excluding steroid dienone is 2. The van der Waals surface area contributed by atoms with E-state index in [2.05, 4.69) is 26.5 Å². The van der Waals surface area contributed by atoms with Crippen molar-refractivity contribution in [1.82, 2.24) is 20.4 Å². The first-order chi connectivity index (χ1) is 10.2. The maximum absolute atomic E-state index is 5.71. The van der Waals surface area contributed by atoms with Crippen LogP contribution >= 0.6 is 23.2 Å². The molecule has 1 N–H and O–H groups in total. The van der Waals surface area contributed by atoms with Gasteiger partial charge >= 0.3 is 6.01 Å². The zero-order valence-corrected chi connectivity index (χ0v) is 13.5. The summed E-state index contributed by atoms with van der Waals surface area (Å²) in [6.07, 6.45) is 13.1. The van der Waals surface area contributed by atoms with Gasteiger partial charge in [-0.15, -0.1) is 0 Å². The van der Waals surface area contributed by atoms with E-state index in [1.54, 1.807) is 0 Å². The minimum Gasteiger partial charge on any atom is -0.340 e. The Morgan fingerprint density at radius 3 is 2.19 bits per heavy atom. The maximum atomic E-state index is 5.71. The third-order valence-corrected chi connectivity index (χ3v) is 3.71. The fourth-order valence-electron chi connectivity index (χ4n) is 2.28. The van der Waals surface area contributed by atoms with Crippen LogP contribution in [0, 0.1) is 0 Å². The monoisotopic (exact) mass is 330 g/mol. The molecule has 0 radical (unpaired) electrons. The van der Waals surface area contributed by atoms with Crippen molar-refractivity contribution >= 4 is 23.2 Å². The van der Waals surface area contributed by atoms with Gasteiger partial charge in [-0.3, -0.25) is 0 Å². The van der Waals surface area contributed by atoms with Crippen molar-refractivity contribution in [2.75, 3.05) is 0 Å². The molecule has 116 valence electrons. The number of aromatic nitrogens is 3. The van der Waals surface area contributed by atoms with E-state index < -0.39 is 0 Å². The molecule has 5 nitrogen and oxygen atoms in total. The molecule has 0 aromatic carbocycles. The molecule has 0 bridgehead atoms. The van der Waals surface area contributed by atoms with Gasteiger partial charge in [0.1, 0.15) is 0 Å². The minimum atomic E-state index is 0.0169. The summed E-state index contributed by atoms with van der Waals surface area (Å²) in [6.45, 7) is 0. The van der Waals surface area contributed by atoms with Gasteiger partial charge < -0.3 is 4.84 Å². The highest BCUT2D eigenvalue weighted by atomic mass is 35.5. The smallest absolute Gasteiger partial charge is 0.340 e. The zero-order chi connectivity index (χ0) is 14.9. The van der Waals surface area contributed by atoms with E-state index in [0.29, 0.717) is 0 Å². The van der Waals surface area contributed by atoms with Crippen LogP contribution < -0.4 is 10.3 Å². The Morgan fingerprint density at radius 1 is 0.857 bits per heavy atom. The Labute approximate surface area is 135 Å². The van der Waals surface area contributed by atoms with Crippen LogP contribution in [-0.4, -0.2) is 15.0 Å². The molecule has 2 rings (SSSR count). The van der Waals surface area contributed by atoms with Crippen LogP contribution in [0.4, 0.5) is 0 Å². The predicted octanol–water partition coefficient (Wildman–Crippen LogP) is 4.47. The number of hydrogen-bond acceptors (Lipinski definition) is 5. The summed E-state index contributed by atoms with van der Waals surface area (Å²) >= 11 is 11.4. The van der Waals surface area contributed by atoms with Gasteiger partial charge in [0.05, 0.1) is 0 Å². The fraction of sp³-hybridized carbons (Fsp3) is 0.643. The summed E-state index contributed by atoms with van der Waals surface area (Å²) in [5.74, 6) is 0. The van der Waals surface area contributed by atoms with Crippen LogP contribution in [0.15, 0.2) is 11.8 Å². The highest BCUT2D eigenvalue weighted by molar-refractivity contribution is 6.31. The Kier molecular flexibility index (Phi) is 7.03. The van der Waals surface area contributed by atoms with Crippen molar-refractivity contribution in [1.29, 1.82) is 0 Å². The van der Waals surface area contributed by atoms with Gasteiger partial charge in [0.2, 0.25) is 10.6 Å². The number of hydrogen-bond donors (Lipinski definition) is 1. The van der Waals surface area contributed by atoms with E-state index in [0.717, 1.165) is 25.0 Å². The Morgan fingerprint density at radius 2 is 1.48 bits per heavy atom. The van der Waals surface area contributed by atoms with Crippen molar-refractivity contribution in [3.8, 4) is 6.01 Å². The van der Waals surface area contributed by atoms with Crippen molar-refractivity contribution in [3.63, 3.8) is 0 Å². The first-order valence-corrected chi connectivity index (χ1v) is 8.18. The van der Waals surface area contributed by atoms with E-state index in [1.165, 1.54) is 38.5 Å². The average molecular weight is 331 g/mol. The highest BCUT2D eigenvalue weighted by Gasteiger charge is 2.06. The lowest BCUT2D eigenvalue weighted by molar-refractivity contribution is 0.202. The lowest BCUT2D eigenvalue weighted by Gasteiger charge is -2.10. The topological polar surface area (TPSA) is 59.9 Å². The average Bonchev–Trinajstić information content (AvgIpc) is 2.49. The second-order valence-electron chi connectivity index (χ2n) is 5.10. The van der Waals surface area contributed by atoms with E-state index in [1.807, 2.05) is 0 Å². The summed E-state index contributed by atoms with van der Waals surface area (Å²) in [5, 5.41) is 0.0337. The first-order valence-electron chi connectivity index (χ1n) is 7.43. The van der Waals surface area contributed by atoms with Crippen LogP contribution in [0.1, 0.15) is 57.8 Å². The third kappa shape index (κ3) is 6.48. The third-order valence-electron chi connectivity index (χ3n) is 3.37. The largest absolute Gasteiger partial charge is 0.348 e. The molecule has 1 aliphatic carbocycles. The van der Waals surface area contributed by atoms with Crippen LogP contribution in [-0.2, 0) is 0 Å². The molecule has 21 heavy (non-hydrogen) atoms.